The molecule has 0 radical (unpaired) electrons. The first-order valence-electron chi connectivity index (χ1n) is 12.7. The van der Waals surface area contributed by atoms with Crippen LogP contribution >= 0.6 is 23.2 Å². The van der Waals surface area contributed by atoms with E-state index < -0.39 is 11.0 Å². The van der Waals surface area contributed by atoms with Gasteiger partial charge >= 0.3 is 51.4 Å². The second-order valence-corrected chi connectivity index (χ2v) is 11.9. The molecule has 1 amide bonds. The fraction of sp³-hybridized carbons (Fsp3) is 0.536. The van der Waals surface area contributed by atoms with Crippen LogP contribution in [0.2, 0.25) is 10.0 Å². The number of hydrogen-bond donors (Lipinski definition) is 0. The Kier molecular flexibility index (Phi) is 17.6. The average molecular weight is 594 g/mol. The van der Waals surface area contributed by atoms with Crippen LogP contribution in [0.4, 0.5) is 0 Å². The molecular weight excluding hydrogens is 554 g/mol. The number of likely N-dealkylation sites (N-methyl/N-ethyl adjacent to an activating group) is 1. The molecule has 1 saturated heterocycles. The molecule has 1 unspecified atom stereocenters. The predicted octanol–water partition coefficient (Wildman–Crippen LogP) is 2.89. The zero-order valence-corrected chi connectivity index (χ0v) is 28.2. The largest absolute Gasteiger partial charge is 1.00 e. The average Bonchev–Trinajstić information content (AvgIpc) is 3.75. The van der Waals surface area contributed by atoms with Crippen LogP contribution in [0.1, 0.15) is 64.0 Å². The van der Waals surface area contributed by atoms with Gasteiger partial charge in [-0.15, -0.1) is 0 Å². The standard InChI is InChI=1S/C21H31ClN2O2S.C6H5Cl.CH3O.K/c1-4-15-8-13-20(16-6-9-17(22)10-7-16)24(21(15)25)18(5-2)14-23(3)27(26)19-11-12-19;7-6-4-2-1-3-5-6;1-2;/h6-7,9-10,15,18-20H,4-5,8,11-14H2,1-3H3;1-5H;1H3;/q;;-1;+1/t15-,18-,20-,27?;;;/m0.../s1. The third-order valence-corrected chi connectivity index (χ3v) is 8.97. The summed E-state index contributed by atoms with van der Waals surface area (Å²) in [6, 6.07) is 17.5. The van der Waals surface area contributed by atoms with Gasteiger partial charge in [0.05, 0.1) is 17.0 Å². The Morgan fingerprint density at radius 1 is 0.973 bits per heavy atom. The Morgan fingerprint density at radius 2 is 1.54 bits per heavy atom. The summed E-state index contributed by atoms with van der Waals surface area (Å²) in [5.74, 6) is 0.350. The number of benzene rings is 2. The topological polar surface area (TPSA) is 63.7 Å². The zero-order chi connectivity index (χ0) is 26.7. The summed E-state index contributed by atoms with van der Waals surface area (Å²) < 4.78 is 14.5. The summed E-state index contributed by atoms with van der Waals surface area (Å²) in [7, 11) is 1.75. The summed E-state index contributed by atoms with van der Waals surface area (Å²) in [5, 5.41) is 10.1. The van der Waals surface area contributed by atoms with Crippen LogP contribution in [0.5, 0.6) is 0 Å². The summed E-state index contributed by atoms with van der Waals surface area (Å²) >= 11 is 11.6. The Bertz CT molecular complexity index is 948. The molecule has 4 atom stereocenters. The molecule has 1 aliphatic heterocycles. The molecule has 2 fully saturated rings. The summed E-state index contributed by atoms with van der Waals surface area (Å²) in [5.41, 5.74) is 1.15. The summed E-state index contributed by atoms with van der Waals surface area (Å²) in [6.45, 7) is 4.88. The molecule has 1 saturated carbocycles. The van der Waals surface area contributed by atoms with Crippen LogP contribution < -0.4 is 56.5 Å². The van der Waals surface area contributed by atoms with Crippen LogP contribution in [0.3, 0.4) is 0 Å². The van der Waals surface area contributed by atoms with Crippen LogP contribution in [0, 0.1) is 5.92 Å². The minimum Gasteiger partial charge on any atom is -0.857 e. The second kappa shape index (κ2) is 18.5. The van der Waals surface area contributed by atoms with Crippen LogP contribution in [-0.4, -0.2) is 51.3 Å². The first-order chi connectivity index (χ1) is 17.3. The quantitative estimate of drug-likeness (QED) is 0.443. The molecule has 0 aromatic heterocycles. The van der Waals surface area contributed by atoms with E-state index in [0.29, 0.717) is 16.8 Å². The molecule has 0 N–H and O–H groups in total. The third-order valence-electron chi connectivity index (χ3n) is 6.66. The maximum atomic E-state index is 13.3. The van der Waals surface area contributed by atoms with Crippen molar-refractivity contribution in [2.45, 2.75) is 69.7 Å². The van der Waals surface area contributed by atoms with Gasteiger partial charge in [0.2, 0.25) is 5.91 Å². The first kappa shape index (κ1) is 35.2. The Morgan fingerprint density at radius 3 is 2.00 bits per heavy atom. The number of amides is 1. The van der Waals surface area contributed by atoms with Crippen molar-refractivity contribution in [1.82, 2.24) is 9.21 Å². The SMILES string of the molecule is CC[C@H]1CC[C@@H](c2ccc(Cl)cc2)N([C@@H](CC)CN(C)S(=O)C2CC2)C1=O.C[O-].Clc1ccccc1.[K+]. The molecule has 2 aliphatic rings. The number of piperidine rings is 1. The minimum absolute atomic E-state index is 0. The van der Waals surface area contributed by atoms with Crippen LogP contribution in [0.25, 0.3) is 0 Å². The second-order valence-electron chi connectivity index (χ2n) is 9.14. The number of hydrogen-bond acceptors (Lipinski definition) is 3. The number of halogens is 2. The van der Waals surface area contributed by atoms with E-state index in [-0.39, 0.29) is 75.3 Å². The molecule has 9 heteroatoms. The molecular formula is C28H39Cl2KN2O3S. The molecule has 5 nitrogen and oxygen atoms in total. The molecule has 2 aromatic rings. The Labute approximate surface area is 278 Å². The van der Waals surface area contributed by atoms with E-state index in [1.807, 2.05) is 66.0 Å². The van der Waals surface area contributed by atoms with Crippen LogP contribution in [-0.2, 0) is 15.8 Å². The molecule has 0 bridgehead atoms. The zero-order valence-electron chi connectivity index (χ0n) is 22.7. The van der Waals surface area contributed by atoms with Gasteiger partial charge in [-0.2, -0.15) is 7.11 Å². The molecule has 4 rings (SSSR count). The third kappa shape index (κ3) is 10.9. The summed E-state index contributed by atoms with van der Waals surface area (Å²) in [4.78, 5) is 15.4. The maximum absolute atomic E-state index is 13.3. The van der Waals surface area contributed by atoms with E-state index in [2.05, 4.69) is 18.7 Å². The van der Waals surface area contributed by atoms with Gasteiger partial charge in [-0.05, 0) is 75.4 Å². The molecule has 0 spiro atoms. The molecule has 1 aliphatic carbocycles. The maximum Gasteiger partial charge on any atom is 1.00 e. The smallest absolute Gasteiger partial charge is 0.857 e. The van der Waals surface area contributed by atoms with E-state index in [1.165, 1.54) is 0 Å². The normalized spacial score (nSPS) is 20.5. The number of nitrogens with zero attached hydrogens (tertiary/aromatic N) is 2. The van der Waals surface area contributed by atoms with Crippen molar-refractivity contribution in [3.8, 4) is 0 Å². The van der Waals surface area contributed by atoms with Crippen molar-refractivity contribution in [3.63, 3.8) is 0 Å². The number of carbonyl (C=O) groups excluding carboxylic acids is 1. The fourth-order valence-electron chi connectivity index (χ4n) is 4.53. The monoisotopic (exact) mass is 592 g/mol. The summed E-state index contributed by atoms with van der Waals surface area (Å²) in [6.07, 6.45) is 5.75. The molecule has 2 aromatic carbocycles. The fourth-order valence-corrected chi connectivity index (χ4v) is 6.17. The van der Waals surface area contributed by atoms with E-state index in [1.54, 1.807) is 0 Å². The predicted molar refractivity (Wildman–Crippen MR) is 149 cm³/mol. The molecule has 200 valence electrons. The minimum atomic E-state index is -0.935. The number of likely N-dealkylation sites (tertiary alicyclic amines) is 1. The van der Waals surface area contributed by atoms with Gasteiger partial charge in [0.15, 0.2) is 0 Å². The van der Waals surface area contributed by atoms with E-state index >= 15 is 0 Å². The Balaban J connectivity index is 0.000000585. The van der Waals surface area contributed by atoms with Crippen molar-refractivity contribution < 1.29 is 65.5 Å². The van der Waals surface area contributed by atoms with Gasteiger partial charge in [-0.3, -0.25) is 4.79 Å². The number of carbonyl (C=O) groups is 1. The van der Waals surface area contributed by atoms with E-state index in [9.17, 15) is 9.00 Å². The van der Waals surface area contributed by atoms with Crippen molar-refractivity contribution >= 4 is 40.1 Å². The Hall–Kier alpha value is 0.196. The van der Waals surface area contributed by atoms with Crippen molar-refractivity contribution in [2.75, 3.05) is 20.7 Å². The number of rotatable bonds is 8. The van der Waals surface area contributed by atoms with E-state index in [0.717, 1.165) is 56.2 Å². The van der Waals surface area contributed by atoms with Gasteiger partial charge in [0.25, 0.3) is 0 Å². The van der Waals surface area contributed by atoms with Gasteiger partial charge in [0, 0.05) is 33.8 Å². The molecule has 1 heterocycles. The van der Waals surface area contributed by atoms with Crippen LogP contribution in [0.15, 0.2) is 54.6 Å². The van der Waals surface area contributed by atoms with Gasteiger partial charge in [0.1, 0.15) is 0 Å². The van der Waals surface area contributed by atoms with Gasteiger partial charge < -0.3 is 10.0 Å². The molecule has 37 heavy (non-hydrogen) atoms. The van der Waals surface area contributed by atoms with Gasteiger partial charge in [-0.1, -0.05) is 67.4 Å². The first-order valence-corrected chi connectivity index (χ1v) is 14.6. The van der Waals surface area contributed by atoms with E-state index in [4.69, 9.17) is 28.3 Å². The van der Waals surface area contributed by atoms with Crippen molar-refractivity contribution in [3.05, 3.63) is 70.2 Å². The van der Waals surface area contributed by atoms with Crippen molar-refractivity contribution in [1.29, 1.82) is 0 Å². The van der Waals surface area contributed by atoms with Crippen molar-refractivity contribution in [2.24, 2.45) is 5.92 Å². The van der Waals surface area contributed by atoms with Gasteiger partial charge in [-0.25, -0.2) is 8.51 Å².